The second kappa shape index (κ2) is 7.32. The number of rotatable bonds is 3. The molecule has 2 saturated carbocycles. The summed E-state index contributed by atoms with van der Waals surface area (Å²) in [6, 6.07) is 2.41. The number of furan rings is 1. The van der Waals surface area contributed by atoms with Crippen LogP contribution >= 0.6 is 11.6 Å². The molecule has 0 radical (unpaired) electrons. The lowest BCUT2D eigenvalue weighted by Crippen LogP contribution is -2.61. The van der Waals surface area contributed by atoms with Gasteiger partial charge < -0.3 is 9.32 Å². The zero-order chi connectivity index (χ0) is 21.9. The number of hydrogen-bond acceptors (Lipinski definition) is 3. The Morgan fingerprint density at radius 1 is 1.13 bits per heavy atom. The number of amides is 3. The fraction of sp³-hybridized carbons (Fsp3) is 0.524. The summed E-state index contributed by atoms with van der Waals surface area (Å²) in [6.07, 6.45) is 0.987. The lowest BCUT2D eigenvalue weighted by atomic mass is 10.0. The molecule has 5 rings (SSSR count). The number of hydrazine groups is 1. The van der Waals surface area contributed by atoms with Gasteiger partial charge in [-0.15, -0.1) is 0 Å². The number of fused-ring (bicyclic) bond motifs is 1. The smallest absolute Gasteiger partial charge is 0.420 e. The Balaban J connectivity index is 1.45. The number of urea groups is 1. The van der Waals surface area contributed by atoms with E-state index in [1.807, 2.05) is 0 Å². The van der Waals surface area contributed by atoms with Crippen LogP contribution in [0.25, 0.3) is 11.0 Å². The minimum Gasteiger partial charge on any atom is -0.449 e. The van der Waals surface area contributed by atoms with Crippen LogP contribution in [-0.4, -0.2) is 41.0 Å². The van der Waals surface area contributed by atoms with Crippen LogP contribution in [0, 0.1) is 0 Å². The molecule has 0 bridgehead atoms. The summed E-state index contributed by atoms with van der Waals surface area (Å²) in [5.74, 6) is -1.09. The highest BCUT2D eigenvalue weighted by atomic mass is 35.5. The fourth-order valence-corrected chi connectivity index (χ4v) is 4.84. The van der Waals surface area contributed by atoms with Crippen LogP contribution in [-0.2, 0) is 6.18 Å². The van der Waals surface area contributed by atoms with Crippen molar-refractivity contribution in [1.82, 2.24) is 15.3 Å². The Hall–Kier alpha value is -2.42. The van der Waals surface area contributed by atoms with Crippen molar-refractivity contribution in [3.05, 3.63) is 34.0 Å². The highest BCUT2D eigenvalue weighted by molar-refractivity contribution is 6.38. The van der Waals surface area contributed by atoms with Gasteiger partial charge in [0.05, 0.1) is 12.1 Å². The van der Waals surface area contributed by atoms with Crippen LogP contribution in [0.15, 0.2) is 16.5 Å². The lowest BCUT2D eigenvalue weighted by Gasteiger charge is -2.37. The SMILES string of the molecule is O=C(c1oc2c(C(F)(F)F)cc(C3CC3)cc2c1Cl)N1CCN(C2CCCC2)C(=O)N1. The standard InChI is InChI=1S/C21H21ClF3N3O3/c22-16-14-9-12(11-5-6-11)10-15(21(23,24)25)17(14)31-18(16)19(29)28-8-7-27(20(30)26-28)13-3-1-2-4-13/h9-11,13H,1-8H2,(H,26,30). The van der Waals surface area contributed by atoms with Gasteiger partial charge in [0, 0.05) is 18.0 Å². The van der Waals surface area contributed by atoms with Gasteiger partial charge in [-0.3, -0.25) is 4.79 Å². The third-order valence-electron chi connectivity index (χ3n) is 6.37. The largest absolute Gasteiger partial charge is 0.449 e. The van der Waals surface area contributed by atoms with Crippen molar-refractivity contribution < 1.29 is 27.2 Å². The van der Waals surface area contributed by atoms with Gasteiger partial charge in [-0.05, 0) is 49.3 Å². The summed E-state index contributed by atoms with van der Waals surface area (Å²) >= 11 is 6.33. The van der Waals surface area contributed by atoms with E-state index in [4.69, 9.17) is 16.0 Å². The second-order valence-electron chi connectivity index (χ2n) is 8.47. The lowest BCUT2D eigenvalue weighted by molar-refractivity contribution is -0.136. The molecule has 1 aromatic carbocycles. The summed E-state index contributed by atoms with van der Waals surface area (Å²) in [5.41, 5.74) is 1.67. The van der Waals surface area contributed by atoms with E-state index >= 15 is 0 Å². The molecule has 2 aliphatic carbocycles. The van der Waals surface area contributed by atoms with Crippen LogP contribution in [0.5, 0.6) is 0 Å². The average molecular weight is 456 g/mol. The number of hydrogen-bond donors (Lipinski definition) is 1. The molecule has 10 heteroatoms. The van der Waals surface area contributed by atoms with Crippen molar-refractivity contribution in [2.24, 2.45) is 0 Å². The molecule has 3 aliphatic rings. The van der Waals surface area contributed by atoms with Gasteiger partial charge in [-0.25, -0.2) is 15.2 Å². The van der Waals surface area contributed by atoms with E-state index in [1.54, 1.807) is 11.0 Å². The normalized spacial score (nSPS) is 20.6. The summed E-state index contributed by atoms with van der Waals surface area (Å²) in [4.78, 5) is 27.2. The van der Waals surface area contributed by atoms with Gasteiger partial charge in [0.1, 0.15) is 10.6 Å². The van der Waals surface area contributed by atoms with Crippen LogP contribution < -0.4 is 5.43 Å². The molecule has 0 unspecified atom stereocenters. The molecule has 0 atom stereocenters. The van der Waals surface area contributed by atoms with Crippen molar-refractivity contribution in [2.45, 2.75) is 56.7 Å². The quantitative estimate of drug-likeness (QED) is 0.682. The van der Waals surface area contributed by atoms with E-state index in [-0.39, 0.29) is 28.9 Å². The van der Waals surface area contributed by atoms with E-state index in [0.29, 0.717) is 12.1 Å². The van der Waals surface area contributed by atoms with Gasteiger partial charge >= 0.3 is 18.1 Å². The van der Waals surface area contributed by atoms with Gasteiger partial charge in [-0.1, -0.05) is 24.4 Å². The monoisotopic (exact) mass is 455 g/mol. The van der Waals surface area contributed by atoms with Gasteiger partial charge in [0.2, 0.25) is 5.76 Å². The Kier molecular flexibility index (Phi) is 4.84. The summed E-state index contributed by atoms with van der Waals surface area (Å²) in [7, 11) is 0. The molecule has 6 nitrogen and oxygen atoms in total. The van der Waals surface area contributed by atoms with Crippen molar-refractivity contribution >= 4 is 34.5 Å². The number of carbonyl (C=O) groups excluding carboxylic acids is 2. The first kappa shape index (κ1) is 20.5. The highest BCUT2D eigenvalue weighted by Crippen LogP contribution is 2.46. The van der Waals surface area contributed by atoms with Crippen LogP contribution in [0.3, 0.4) is 0 Å². The number of benzene rings is 1. The molecule has 3 amide bonds. The first-order chi connectivity index (χ1) is 14.7. The molecule has 1 N–H and O–H groups in total. The van der Waals surface area contributed by atoms with Crippen molar-refractivity contribution in [3.63, 3.8) is 0 Å². The summed E-state index contributed by atoms with van der Waals surface area (Å²) in [5, 5.41) is 0.963. The fourth-order valence-electron chi connectivity index (χ4n) is 4.58. The Bertz CT molecular complexity index is 1060. The summed E-state index contributed by atoms with van der Waals surface area (Å²) < 4.78 is 46.4. The molecule has 2 aromatic rings. The molecule has 1 aliphatic heterocycles. The predicted octanol–water partition coefficient (Wildman–Crippen LogP) is 5.31. The molecule has 1 saturated heterocycles. The van der Waals surface area contributed by atoms with E-state index in [2.05, 4.69) is 5.43 Å². The minimum absolute atomic E-state index is 0.0673. The topological polar surface area (TPSA) is 65.8 Å². The molecule has 2 heterocycles. The van der Waals surface area contributed by atoms with Crippen molar-refractivity contribution in [1.29, 1.82) is 0 Å². The number of nitrogens with zero attached hydrogens (tertiary/aromatic N) is 2. The Labute approximate surface area is 181 Å². The molecular weight excluding hydrogens is 435 g/mol. The number of alkyl halides is 3. The Morgan fingerprint density at radius 2 is 1.84 bits per heavy atom. The highest BCUT2D eigenvalue weighted by Gasteiger charge is 2.39. The van der Waals surface area contributed by atoms with Crippen molar-refractivity contribution in [3.8, 4) is 0 Å². The average Bonchev–Trinajstić information content (AvgIpc) is 3.33. The van der Waals surface area contributed by atoms with E-state index in [9.17, 15) is 22.8 Å². The third-order valence-corrected chi connectivity index (χ3v) is 6.74. The minimum atomic E-state index is -4.65. The number of halogens is 4. The van der Waals surface area contributed by atoms with Crippen molar-refractivity contribution in [2.75, 3.05) is 13.1 Å². The zero-order valence-electron chi connectivity index (χ0n) is 16.6. The second-order valence-corrected chi connectivity index (χ2v) is 8.85. The maximum atomic E-state index is 13.7. The predicted molar refractivity (Wildman–Crippen MR) is 107 cm³/mol. The van der Waals surface area contributed by atoms with Gasteiger partial charge in [-0.2, -0.15) is 13.2 Å². The number of carbonyl (C=O) groups is 2. The molecule has 166 valence electrons. The number of nitrogens with one attached hydrogen (secondary N) is 1. The van der Waals surface area contributed by atoms with E-state index in [1.165, 1.54) is 0 Å². The Morgan fingerprint density at radius 3 is 2.45 bits per heavy atom. The molecule has 31 heavy (non-hydrogen) atoms. The van der Waals surface area contributed by atoms with Crippen LogP contribution in [0.4, 0.5) is 18.0 Å². The maximum absolute atomic E-state index is 13.7. The maximum Gasteiger partial charge on any atom is 0.420 e. The van der Waals surface area contributed by atoms with E-state index < -0.39 is 35.0 Å². The molecule has 1 aromatic heterocycles. The third kappa shape index (κ3) is 3.62. The first-order valence-corrected chi connectivity index (χ1v) is 10.8. The zero-order valence-corrected chi connectivity index (χ0v) is 17.4. The van der Waals surface area contributed by atoms with Crippen LogP contribution in [0.2, 0.25) is 5.02 Å². The molecule has 3 fully saturated rings. The van der Waals surface area contributed by atoms with E-state index in [0.717, 1.165) is 49.6 Å². The molecular formula is C21H21ClF3N3O3. The molecule has 0 spiro atoms. The van der Waals surface area contributed by atoms with Gasteiger partial charge in [0.25, 0.3) is 0 Å². The van der Waals surface area contributed by atoms with Crippen LogP contribution in [0.1, 0.15) is 66.1 Å². The summed E-state index contributed by atoms with van der Waals surface area (Å²) in [6.45, 7) is 0.535. The van der Waals surface area contributed by atoms with Gasteiger partial charge in [0.15, 0.2) is 0 Å². The first-order valence-electron chi connectivity index (χ1n) is 10.5.